The minimum Gasteiger partial charge on any atom is -0.466 e. The number of benzene rings is 1. The van der Waals surface area contributed by atoms with Gasteiger partial charge in [-0.1, -0.05) is 11.6 Å². The molecule has 118 valence electrons. The zero-order chi connectivity index (χ0) is 16.5. The van der Waals surface area contributed by atoms with E-state index >= 15 is 0 Å². The molecule has 0 amide bonds. The average molecular weight is 326 g/mol. The van der Waals surface area contributed by atoms with Crippen molar-refractivity contribution in [2.24, 2.45) is 4.99 Å². The molecule has 1 aromatic heterocycles. The van der Waals surface area contributed by atoms with Gasteiger partial charge in [-0.3, -0.25) is 9.79 Å². The summed E-state index contributed by atoms with van der Waals surface area (Å²) in [6.07, 6.45) is 3.36. The van der Waals surface area contributed by atoms with Crippen LogP contribution in [-0.2, 0) is 6.42 Å². The van der Waals surface area contributed by atoms with Crippen LogP contribution >= 0.6 is 11.6 Å². The summed E-state index contributed by atoms with van der Waals surface area (Å²) in [4.78, 5) is 14.9. The van der Waals surface area contributed by atoms with Crippen LogP contribution < -0.4 is 0 Å². The van der Waals surface area contributed by atoms with E-state index in [2.05, 4.69) is 4.99 Å². The molecule has 0 aliphatic rings. The van der Waals surface area contributed by atoms with Crippen LogP contribution in [0.1, 0.15) is 28.3 Å². The van der Waals surface area contributed by atoms with E-state index in [1.807, 2.05) is 19.1 Å². The largest absolute Gasteiger partial charge is 0.466 e. The van der Waals surface area contributed by atoms with E-state index in [9.17, 15) is 9.18 Å². The van der Waals surface area contributed by atoms with Gasteiger partial charge in [0.05, 0.1) is 5.02 Å². The van der Waals surface area contributed by atoms with E-state index in [0.29, 0.717) is 19.1 Å². The van der Waals surface area contributed by atoms with Crippen molar-refractivity contribution in [3.8, 4) is 0 Å². The molecule has 0 saturated heterocycles. The molecule has 2 rings (SSSR count). The predicted molar refractivity (Wildman–Crippen MR) is 84.9 cm³/mol. The molecule has 22 heavy (non-hydrogen) atoms. The van der Waals surface area contributed by atoms with E-state index in [4.69, 9.17) is 21.1 Å². The van der Waals surface area contributed by atoms with Crippen molar-refractivity contribution >= 4 is 29.8 Å². The first-order chi connectivity index (χ1) is 10.6. The molecule has 0 aliphatic heterocycles. The molecule has 0 saturated carbocycles. The Morgan fingerprint density at radius 2 is 2.05 bits per heavy atom. The van der Waals surface area contributed by atoms with E-state index < -0.39 is 5.82 Å². The smallest absolute Gasteiger partial charge is 0.168 e. The van der Waals surface area contributed by atoms with Gasteiger partial charge in [0.15, 0.2) is 12.1 Å². The Bertz CT molecular complexity index is 653. The Morgan fingerprint density at radius 1 is 1.32 bits per heavy atom. The molecule has 0 fully saturated rings. The van der Waals surface area contributed by atoms with Gasteiger partial charge < -0.3 is 9.52 Å². The number of aldehydes is 1. The van der Waals surface area contributed by atoms with Crippen molar-refractivity contribution in [2.75, 3.05) is 7.11 Å². The van der Waals surface area contributed by atoms with Gasteiger partial charge in [-0.25, -0.2) is 4.39 Å². The number of carbonyl (C=O) groups excluding carboxylic acids is 1. The van der Waals surface area contributed by atoms with Crippen molar-refractivity contribution in [2.45, 2.75) is 19.8 Å². The molecule has 4 nitrogen and oxygen atoms in total. The fraction of sp³-hybridized carbons (Fsp3) is 0.250. The molecule has 0 atom stereocenters. The molecule has 0 aliphatic carbocycles. The highest BCUT2D eigenvalue weighted by molar-refractivity contribution is 6.31. The maximum atomic E-state index is 13.8. The third-order valence-electron chi connectivity index (χ3n) is 2.76. The first kappa shape index (κ1) is 18.1. The number of halogens is 2. The molecular formula is C16H17ClFNO3. The fourth-order valence-corrected chi connectivity index (χ4v) is 1.92. The van der Waals surface area contributed by atoms with Crippen molar-refractivity contribution in [3.05, 3.63) is 52.2 Å². The van der Waals surface area contributed by atoms with Gasteiger partial charge in [-0.2, -0.15) is 0 Å². The number of aryl methyl sites for hydroxylation is 2. The minimum absolute atomic E-state index is 0.0249. The highest BCUT2D eigenvalue weighted by Gasteiger charge is 2.10. The number of aliphatic hydroxyl groups is 1. The molecule has 0 unspecified atom stereocenters. The van der Waals surface area contributed by atoms with E-state index in [0.717, 1.165) is 18.6 Å². The average Bonchev–Trinajstić information content (AvgIpc) is 2.95. The van der Waals surface area contributed by atoms with Crippen molar-refractivity contribution < 1.29 is 18.7 Å². The van der Waals surface area contributed by atoms with Gasteiger partial charge >= 0.3 is 0 Å². The zero-order valence-corrected chi connectivity index (χ0v) is 13.1. The van der Waals surface area contributed by atoms with Crippen LogP contribution in [-0.4, -0.2) is 24.7 Å². The summed E-state index contributed by atoms with van der Waals surface area (Å²) < 4.78 is 19.2. The Balaban J connectivity index is 0.00000116. The first-order valence-corrected chi connectivity index (χ1v) is 6.95. The maximum Gasteiger partial charge on any atom is 0.168 e. The second-order valence-corrected chi connectivity index (χ2v) is 4.69. The second-order valence-electron chi connectivity index (χ2n) is 4.28. The molecule has 0 spiro atoms. The normalized spacial score (nSPS) is 10.4. The standard InChI is InChI=1S/C15H13ClFNO2.CH4O/c1-10-4-6-12(20-10)3-2-8-18-15-11(9-19)5-7-13(16)14(15)17;1-2/h4-9H,2-3H2,1H3;2H,1H3. The van der Waals surface area contributed by atoms with E-state index in [-0.39, 0.29) is 16.3 Å². The van der Waals surface area contributed by atoms with Crippen molar-refractivity contribution in [1.82, 2.24) is 0 Å². The van der Waals surface area contributed by atoms with Crippen LogP contribution in [0.2, 0.25) is 5.02 Å². The van der Waals surface area contributed by atoms with E-state index in [1.54, 1.807) is 6.21 Å². The van der Waals surface area contributed by atoms with Crippen LogP contribution in [0, 0.1) is 12.7 Å². The molecule has 0 radical (unpaired) electrons. The number of aliphatic imine (C=N–C) groups is 1. The van der Waals surface area contributed by atoms with Crippen molar-refractivity contribution in [1.29, 1.82) is 0 Å². The summed E-state index contributed by atoms with van der Waals surface area (Å²) in [5.41, 5.74) is 0.153. The lowest BCUT2D eigenvalue weighted by Gasteiger charge is -2.02. The quantitative estimate of drug-likeness (QED) is 0.664. The van der Waals surface area contributed by atoms with Crippen LogP contribution in [0.4, 0.5) is 10.1 Å². The summed E-state index contributed by atoms with van der Waals surface area (Å²) >= 11 is 5.67. The maximum absolute atomic E-state index is 13.8. The number of rotatable bonds is 5. The Morgan fingerprint density at radius 3 is 2.64 bits per heavy atom. The Hall–Kier alpha value is -1.98. The molecule has 0 bridgehead atoms. The van der Waals surface area contributed by atoms with Crippen LogP contribution in [0.25, 0.3) is 0 Å². The summed E-state index contributed by atoms with van der Waals surface area (Å²) in [6, 6.07) is 6.56. The number of furan rings is 1. The van der Waals surface area contributed by atoms with Crippen molar-refractivity contribution in [3.63, 3.8) is 0 Å². The SMILES string of the molecule is CO.Cc1ccc(CCC=Nc2c(C=O)ccc(Cl)c2F)o1. The summed E-state index contributed by atoms with van der Waals surface area (Å²) in [7, 11) is 1.00. The Kier molecular flexibility index (Phi) is 7.49. The summed E-state index contributed by atoms with van der Waals surface area (Å²) in [5.74, 6) is 1.01. The highest BCUT2D eigenvalue weighted by Crippen LogP contribution is 2.28. The lowest BCUT2D eigenvalue weighted by molar-refractivity contribution is 0.112. The predicted octanol–water partition coefficient (Wildman–Crippen LogP) is 4.14. The third kappa shape index (κ3) is 4.79. The van der Waals surface area contributed by atoms with Gasteiger partial charge in [0, 0.05) is 25.3 Å². The number of aliphatic hydroxyl groups excluding tert-OH is 1. The fourth-order valence-electron chi connectivity index (χ4n) is 1.76. The zero-order valence-electron chi connectivity index (χ0n) is 12.3. The lowest BCUT2D eigenvalue weighted by Crippen LogP contribution is -1.89. The minimum atomic E-state index is -0.679. The van der Waals surface area contributed by atoms with Crippen LogP contribution in [0.5, 0.6) is 0 Å². The monoisotopic (exact) mass is 325 g/mol. The molecule has 2 aromatic rings. The number of hydrogen-bond donors (Lipinski definition) is 1. The topological polar surface area (TPSA) is 62.8 Å². The number of nitrogens with zero attached hydrogens (tertiary/aromatic N) is 1. The number of hydrogen-bond acceptors (Lipinski definition) is 4. The third-order valence-corrected chi connectivity index (χ3v) is 3.06. The first-order valence-electron chi connectivity index (χ1n) is 6.57. The summed E-state index contributed by atoms with van der Waals surface area (Å²) in [6.45, 7) is 1.87. The molecule has 1 heterocycles. The highest BCUT2D eigenvalue weighted by atomic mass is 35.5. The summed E-state index contributed by atoms with van der Waals surface area (Å²) in [5, 5.41) is 6.95. The molecule has 1 aromatic carbocycles. The van der Waals surface area contributed by atoms with Gasteiger partial charge in [0.25, 0.3) is 0 Å². The van der Waals surface area contributed by atoms with Gasteiger partial charge in [-0.15, -0.1) is 0 Å². The molecule has 6 heteroatoms. The lowest BCUT2D eigenvalue weighted by atomic mass is 10.2. The number of carbonyl (C=O) groups is 1. The van der Waals surface area contributed by atoms with Gasteiger partial charge in [0.2, 0.25) is 0 Å². The van der Waals surface area contributed by atoms with Crippen LogP contribution in [0.15, 0.2) is 33.7 Å². The van der Waals surface area contributed by atoms with Crippen LogP contribution in [0.3, 0.4) is 0 Å². The Labute approximate surface area is 133 Å². The molecular weight excluding hydrogens is 309 g/mol. The van der Waals surface area contributed by atoms with Gasteiger partial charge in [0.1, 0.15) is 17.2 Å². The second kappa shape index (κ2) is 9.12. The van der Waals surface area contributed by atoms with E-state index in [1.165, 1.54) is 12.1 Å². The van der Waals surface area contributed by atoms with Gasteiger partial charge in [-0.05, 0) is 37.6 Å². The molecule has 1 N–H and O–H groups in total.